The first-order valence-electron chi connectivity index (χ1n) is 7.35. The van der Waals surface area contributed by atoms with Crippen LogP contribution in [-0.4, -0.2) is 33.8 Å². The fourth-order valence-corrected chi connectivity index (χ4v) is 4.63. The van der Waals surface area contributed by atoms with Gasteiger partial charge >= 0.3 is 0 Å². The number of carbonyl (C=O) groups excluding carboxylic acids is 1. The van der Waals surface area contributed by atoms with Gasteiger partial charge in [-0.05, 0) is 29.6 Å². The van der Waals surface area contributed by atoms with Crippen LogP contribution in [0.25, 0.3) is 0 Å². The number of nitrogens with one attached hydrogen (secondary N) is 1. The van der Waals surface area contributed by atoms with Crippen molar-refractivity contribution >= 4 is 62.8 Å². The SMILES string of the molecule is CN(Cc1cccs1)C(=O)CSc1nnc(Nc2cccc(Cl)c2)s1. The van der Waals surface area contributed by atoms with Crippen molar-refractivity contribution in [2.24, 2.45) is 0 Å². The molecule has 0 saturated heterocycles. The molecule has 0 aliphatic rings. The Bertz CT molecular complexity index is 838. The third kappa shape index (κ3) is 5.43. The van der Waals surface area contributed by atoms with Crippen molar-refractivity contribution in [3.8, 4) is 0 Å². The number of benzene rings is 1. The summed E-state index contributed by atoms with van der Waals surface area (Å²) in [5.41, 5.74) is 0.854. The summed E-state index contributed by atoms with van der Waals surface area (Å²) in [6, 6.07) is 11.4. The molecule has 130 valence electrons. The standard InChI is InChI=1S/C16H15ClN4OS3/c1-21(9-13-6-3-7-23-13)14(22)10-24-16-20-19-15(25-16)18-12-5-2-4-11(17)8-12/h2-8H,9-10H2,1H3,(H,18,19). The van der Waals surface area contributed by atoms with Gasteiger partial charge in [-0.25, -0.2) is 0 Å². The first-order valence-corrected chi connectivity index (χ1v) is 10.4. The summed E-state index contributed by atoms with van der Waals surface area (Å²) in [4.78, 5) is 15.1. The summed E-state index contributed by atoms with van der Waals surface area (Å²) >= 11 is 10.4. The number of hydrogen-bond acceptors (Lipinski definition) is 7. The van der Waals surface area contributed by atoms with Gasteiger partial charge in [0.25, 0.3) is 0 Å². The normalized spacial score (nSPS) is 10.6. The van der Waals surface area contributed by atoms with Crippen molar-refractivity contribution in [1.82, 2.24) is 15.1 Å². The van der Waals surface area contributed by atoms with Crippen molar-refractivity contribution < 1.29 is 4.79 Å². The molecule has 0 saturated carbocycles. The van der Waals surface area contributed by atoms with Crippen LogP contribution in [0.4, 0.5) is 10.8 Å². The molecule has 0 spiro atoms. The maximum Gasteiger partial charge on any atom is 0.233 e. The maximum atomic E-state index is 12.2. The molecular formula is C16H15ClN4OS3. The van der Waals surface area contributed by atoms with E-state index in [1.807, 2.05) is 48.8 Å². The van der Waals surface area contributed by atoms with E-state index >= 15 is 0 Å². The average molecular weight is 411 g/mol. The molecule has 25 heavy (non-hydrogen) atoms. The number of amides is 1. The molecule has 0 aliphatic heterocycles. The predicted molar refractivity (Wildman–Crippen MR) is 106 cm³/mol. The Morgan fingerprint density at radius 3 is 2.96 bits per heavy atom. The van der Waals surface area contributed by atoms with Gasteiger partial charge in [0.05, 0.1) is 12.3 Å². The number of thiophene rings is 1. The number of thioether (sulfide) groups is 1. The highest BCUT2D eigenvalue weighted by atomic mass is 35.5. The van der Waals surface area contributed by atoms with Crippen LogP contribution in [-0.2, 0) is 11.3 Å². The summed E-state index contributed by atoms with van der Waals surface area (Å²) in [5, 5.41) is 14.7. The Labute approximate surface area is 163 Å². The van der Waals surface area contributed by atoms with E-state index in [4.69, 9.17) is 11.6 Å². The molecule has 0 atom stereocenters. The van der Waals surface area contributed by atoms with E-state index in [-0.39, 0.29) is 5.91 Å². The number of halogens is 1. The number of rotatable bonds is 7. The second-order valence-corrected chi connectivity index (χ2v) is 8.79. The molecule has 2 aromatic heterocycles. The highest BCUT2D eigenvalue weighted by Gasteiger charge is 2.13. The Morgan fingerprint density at radius 2 is 2.20 bits per heavy atom. The van der Waals surface area contributed by atoms with E-state index < -0.39 is 0 Å². The number of carbonyl (C=O) groups is 1. The Balaban J connectivity index is 1.50. The van der Waals surface area contributed by atoms with Crippen LogP contribution in [0.1, 0.15) is 4.88 Å². The van der Waals surface area contributed by atoms with Crippen LogP contribution in [0.5, 0.6) is 0 Å². The highest BCUT2D eigenvalue weighted by Crippen LogP contribution is 2.28. The number of nitrogens with zero attached hydrogens (tertiary/aromatic N) is 3. The Hall–Kier alpha value is -1.61. The summed E-state index contributed by atoms with van der Waals surface area (Å²) in [6.07, 6.45) is 0. The van der Waals surface area contributed by atoms with E-state index in [9.17, 15) is 4.79 Å². The number of hydrogen-bond donors (Lipinski definition) is 1. The van der Waals surface area contributed by atoms with Crippen LogP contribution < -0.4 is 5.32 Å². The number of aromatic nitrogens is 2. The molecular weight excluding hydrogens is 396 g/mol. The summed E-state index contributed by atoms with van der Waals surface area (Å²) < 4.78 is 0.752. The second-order valence-electron chi connectivity index (χ2n) is 5.13. The van der Waals surface area contributed by atoms with Crippen LogP contribution in [0.15, 0.2) is 46.1 Å². The van der Waals surface area contributed by atoms with Gasteiger partial charge in [0.15, 0.2) is 4.34 Å². The van der Waals surface area contributed by atoms with Crippen LogP contribution >= 0.6 is 46.0 Å². The zero-order chi connectivity index (χ0) is 17.6. The van der Waals surface area contributed by atoms with E-state index in [1.165, 1.54) is 28.0 Å². The van der Waals surface area contributed by atoms with Crippen molar-refractivity contribution in [1.29, 1.82) is 0 Å². The summed E-state index contributed by atoms with van der Waals surface area (Å²) in [5.74, 6) is 0.408. The molecule has 1 amide bonds. The lowest BCUT2D eigenvalue weighted by Gasteiger charge is -2.15. The fraction of sp³-hybridized carbons (Fsp3) is 0.188. The molecule has 5 nitrogen and oxygen atoms in total. The molecule has 3 aromatic rings. The summed E-state index contributed by atoms with van der Waals surface area (Å²) in [7, 11) is 1.81. The zero-order valence-corrected chi connectivity index (χ0v) is 16.5. The molecule has 0 radical (unpaired) electrons. The van der Waals surface area contributed by atoms with E-state index in [0.29, 0.717) is 22.5 Å². The first kappa shape index (κ1) is 18.2. The number of anilines is 2. The molecule has 0 fully saturated rings. The van der Waals surface area contributed by atoms with Gasteiger partial charge < -0.3 is 10.2 Å². The smallest absolute Gasteiger partial charge is 0.233 e. The van der Waals surface area contributed by atoms with Crippen LogP contribution in [0, 0.1) is 0 Å². The largest absolute Gasteiger partial charge is 0.340 e. The van der Waals surface area contributed by atoms with Crippen LogP contribution in [0.2, 0.25) is 5.02 Å². The van der Waals surface area contributed by atoms with Crippen molar-refractivity contribution in [2.45, 2.75) is 10.9 Å². The molecule has 1 N–H and O–H groups in total. The molecule has 1 aromatic carbocycles. The minimum Gasteiger partial charge on any atom is -0.340 e. The van der Waals surface area contributed by atoms with Crippen LogP contribution in [0.3, 0.4) is 0 Å². The lowest BCUT2D eigenvalue weighted by Crippen LogP contribution is -2.27. The predicted octanol–water partition coefficient (Wildman–Crippen LogP) is 4.75. The van der Waals surface area contributed by atoms with E-state index in [1.54, 1.807) is 16.2 Å². The lowest BCUT2D eigenvalue weighted by molar-refractivity contribution is -0.127. The highest BCUT2D eigenvalue weighted by molar-refractivity contribution is 8.01. The fourth-order valence-electron chi connectivity index (χ4n) is 1.97. The Morgan fingerprint density at radius 1 is 1.32 bits per heavy atom. The van der Waals surface area contributed by atoms with Gasteiger partial charge in [-0.15, -0.1) is 21.5 Å². The zero-order valence-electron chi connectivity index (χ0n) is 13.3. The average Bonchev–Trinajstić information content (AvgIpc) is 3.24. The van der Waals surface area contributed by atoms with Crippen molar-refractivity contribution in [3.63, 3.8) is 0 Å². The Kier molecular flexibility index (Phi) is 6.30. The summed E-state index contributed by atoms with van der Waals surface area (Å²) in [6.45, 7) is 0.634. The van der Waals surface area contributed by atoms with Gasteiger partial charge in [0, 0.05) is 22.6 Å². The molecule has 2 heterocycles. The first-order chi connectivity index (χ1) is 12.1. The van der Waals surface area contributed by atoms with E-state index in [0.717, 1.165) is 10.0 Å². The molecule has 9 heteroatoms. The van der Waals surface area contributed by atoms with Gasteiger partial charge in [-0.1, -0.05) is 46.8 Å². The van der Waals surface area contributed by atoms with E-state index in [2.05, 4.69) is 15.5 Å². The van der Waals surface area contributed by atoms with Gasteiger partial charge in [0.1, 0.15) is 0 Å². The van der Waals surface area contributed by atoms with Gasteiger partial charge in [0.2, 0.25) is 11.0 Å². The topological polar surface area (TPSA) is 58.1 Å². The molecule has 0 bridgehead atoms. The maximum absolute atomic E-state index is 12.2. The quantitative estimate of drug-likeness (QED) is 0.569. The lowest BCUT2D eigenvalue weighted by atomic mass is 10.3. The third-order valence-corrected chi connectivity index (χ3v) is 6.25. The minimum atomic E-state index is 0.0675. The monoisotopic (exact) mass is 410 g/mol. The van der Waals surface area contributed by atoms with Crippen molar-refractivity contribution in [3.05, 3.63) is 51.7 Å². The van der Waals surface area contributed by atoms with Gasteiger partial charge in [-0.2, -0.15) is 0 Å². The molecule has 3 rings (SSSR count). The molecule has 0 aliphatic carbocycles. The third-order valence-electron chi connectivity index (χ3n) is 3.20. The molecule has 0 unspecified atom stereocenters. The van der Waals surface area contributed by atoms with Gasteiger partial charge in [-0.3, -0.25) is 4.79 Å². The minimum absolute atomic E-state index is 0.0675. The van der Waals surface area contributed by atoms with Crippen molar-refractivity contribution in [2.75, 3.05) is 18.1 Å². The second kappa shape index (κ2) is 8.66.